The number of carbonyl (C=O) groups is 1. The molecule has 0 saturated heterocycles. The van der Waals surface area contributed by atoms with Gasteiger partial charge in [0.25, 0.3) is 5.91 Å². The van der Waals surface area contributed by atoms with Gasteiger partial charge in [-0.3, -0.25) is 4.79 Å². The van der Waals surface area contributed by atoms with E-state index in [-0.39, 0.29) is 11.9 Å². The summed E-state index contributed by atoms with van der Waals surface area (Å²) >= 11 is 0. The summed E-state index contributed by atoms with van der Waals surface area (Å²) in [6, 6.07) is 5.48. The predicted octanol–water partition coefficient (Wildman–Crippen LogP) is 1.58. The van der Waals surface area contributed by atoms with Crippen LogP contribution in [0, 0.1) is 0 Å². The van der Waals surface area contributed by atoms with Crippen LogP contribution in [0.4, 0.5) is 5.82 Å². The van der Waals surface area contributed by atoms with Crippen LogP contribution in [0.25, 0.3) is 0 Å². The Hall–Kier alpha value is -1.62. The highest BCUT2D eigenvalue weighted by Crippen LogP contribution is 2.04. The molecule has 0 aromatic carbocycles. The summed E-state index contributed by atoms with van der Waals surface area (Å²) in [5, 5.41) is 5.90. The van der Waals surface area contributed by atoms with Crippen molar-refractivity contribution in [1.82, 2.24) is 15.2 Å². The molecule has 1 aromatic heterocycles. The average Bonchev–Trinajstić information content (AvgIpc) is 2.44. The number of rotatable bonds is 7. The Balaban J connectivity index is 2.58. The molecule has 106 valence electrons. The molecule has 0 bridgehead atoms. The highest BCUT2D eigenvalue weighted by Gasteiger charge is 2.13. The first-order valence-electron chi connectivity index (χ1n) is 6.78. The van der Waals surface area contributed by atoms with Crippen LogP contribution in [0.2, 0.25) is 0 Å². The number of anilines is 1. The molecule has 0 aliphatic carbocycles. The van der Waals surface area contributed by atoms with Crippen molar-refractivity contribution in [1.29, 1.82) is 0 Å². The largest absolute Gasteiger partial charge is 0.373 e. The zero-order valence-electron chi connectivity index (χ0n) is 12.2. The lowest BCUT2D eigenvalue weighted by atomic mass is 10.2. The van der Waals surface area contributed by atoms with Crippen LogP contribution in [-0.2, 0) is 0 Å². The number of likely N-dealkylation sites (N-methyl/N-ethyl adjacent to an activating group) is 1. The van der Waals surface area contributed by atoms with Crippen LogP contribution >= 0.6 is 0 Å². The molecule has 0 spiro atoms. The average molecular weight is 264 g/mol. The lowest BCUT2D eigenvalue weighted by Crippen LogP contribution is -2.42. The van der Waals surface area contributed by atoms with Crippen molar-refractivity contribution in [2.75, 3.05) is 32.0 Å². The molecule has 1 unspecified atom stereocenters. The number of hydrogen-bond donors (Lipinski definition) is 2. The molecule has 0 saturated carbocycles. The molecule has 1 aromatic rings. The van der Waals surface area contributed by atoms with E-state index in [1.54, 1.807) is 13.1 Å². The van der Waals surface area contributed by atoms with Gasteiger partial charge in [-0.1, -0.05) is 19.9 Å². The standard InChI is InChI=1S/C14H24N4O/c1-5-18(6-2)10-11(3)16-14(19)12-8-7-9-13(15-4)17-12/h7-9,11H,5-6,10H2,1-4H3,(H,15,17)(H,16,19). The van der Waals surface area contributed by atoms with Gasteiger partial charge in [0.15, 0.2) is 0 Å². The van der Waals surface area contributed by atoms with Crippen LogP contribution < -0.4 is 10.6 Å². The number of amides is 1. The minimum atomic E-state index is -0.128. The van der Waals surface area contributed by atoms with E-state index in [0.717, 1.165) is 19.6 Å². The van der Waals surface area contributed by atoms with Crippen LogP contribution in [0.3, 0.4) is 0 Å². The van der Waals surface area contributed by atoms with E-state index in [1.807, 2.05) is 19.1 Å². The van der Waals surface area contributed by atoms with Gasteiger partial charge in [-0.05, 0) is 32.1 Å². The van der Waals surface area contributed by atoms with Crippen LogP contribution in [0.1, 0.15) is 31.3 Å². The monoisotopic (exact) mass is 264 g/mol. The maximum absolute atomic E-state index is 12.1. The first-order valence-corrected chi connectivity index (χ1v) is 6.78. The van der Waals surface area contributed by atoms with E-state index < -0.39 is 0 Å². The lowest BCUT2D eigenvalue weighted by molar-refractivity contribution is 0.0925. The maximum Gasteiger partial charge on any atom is 0.270 e. The topological polar surface area (TPSA) is 57.3 Å². The van der Waals surface area contributed by atoms with E-state index >= 15 is 0 Å². The molecular formula is C14H24N4O. The molecule has 0 fully saturated rings. The first kappa shape index (κ1) is 15.4. The van der Waals surface area contributed by atoms with Gasteiger partial charge in [0.05, 0.1) is 0 Å². The Morgan fingerprint density at radius 1 is 1.37 bits per heavy atom. The molecule has 2 N–H and O–H groups in total. The van der Waals surface area contributed by atoms with Crippen molar-refractivity contribution < 1.29 is 4.79 Å². The summed E-state index contributed by atoms with van der Waals surface area (Å²) in [6.07, 6.45) is 0. The molecule has 1 heterocycles. The molecular weight excluding hydrogens is 240 g/mol. The van der Waals surface area contributed by atoms with E-state index in [2.05, 4.69) is 34.4 Å². The van der Waals surface area contributed by atoms with Gasteiger partial charge in [0.2, 0.25) is 0 Å². The van der Waals surface area contributed by atoms with Crippen molar-refractivity contribution in [3.8, 4) is 0 Å². The van der Waals surface area contributed by atoms with Gasteiger partial charge in [0.1, 0.15) is 11.5 Å². The fraction of sp³-hybridized carbons (Fsp3) is 0.571. The van der Waals surface area contributed by atoms with Crippen LogP contribution in [-0.4, -0.2) is 48.5 Å². The SMILES string of the molecule is CCN(CC)CC(C)NC(=O)c1cccc(NC)n1. The van der Waals surface area contributed by atoms with Gasteiger partial charge in [-0.2, -0.15) is 0 Å². The Kier molecular flexibility index (Phi) is 6.29. The number of nitrogens with zero attached hydrogens (tertiary/aromatic N) is 2. The molecule has 5 nitrogen and oxygen atoms in total. The fourth-order valence-electron chi connectivity index (χ4n) is 1.91. The first-order chi connectivity index (χ1) is 9.10. The highest BCUT2D eigenvalue weighted by atomic mass is 16.1. The number of hydrogen-bond acceptors (Lipinski definition) is 4. The van der Waals surface area contributed by atoms with Gasteiger partial charge >= 0.3 is 0 Å². The number of carbonyl (C=O) groups excluding carboxylic acids is 1. The molecule has 1 rings (SSSR count). The number of nitrogens with one attached hydrogen (secondary N) is 2. The Labute approximate surface area is 115 Å². The Morgan fingerprint density at radius 2 is 2.05 bits per heavy atom. The fourth-order valence-corrected chi connectivity index (χ4v) is 1.91. The highest BCUT2D eigenvalue weighted by molar-refractivity contribution is 5.92. The predicted molar refractivity (Wildman–Crippen MR) is 78.5 cm³/mol. The number of aromatic nitrogens is 1. The second-order valence-electron chi connectivity index (χ2n) is 4.52. The quantitative estimate of drug-likeness (QED) is 0.785. The molecule has 1 atom stereocenters. The summed E-state index contributed by atoms with van der Waals surface area (Å²) in [7, 11) is 1.78. The third-order valence-electron chi connectivity index (χ3n) is 3.04. The smallest absolute Gasteiger partial charge is 0.270 e. The van der Waals surface area contributed by atoms with Crippen molar-refractivity contribution in [3.05, 3.63) is 23.9 Å². The van der Waals surface area contributed by atoms with Crippen molar-refractivity contribution in [3.63, 3.8) is 0 Å². The van der Waals surface area contributed by atoms with E-state index in [1.165, 1.54) is 0 Å². The second-order valence-corrected chi connectivity index (χ2v) is 4.52. The molecule has 0 aliphatic rings. The Morgan fingerprint density at radius 3 is 2.63 bits per heavy atom. The van der Waals surface area contributed by atoms with Crippen LogP contribution in [0.15, 0.2) is 18.2 Å². The van der Waals surface area contributed by atoms with Gasteiger partial charge in [-0.15, -0.1) is 0 Å². The summed E-state index contributed by atoms with van der Waals surface area (Å²) in [5.74, 6) is 0.570. The third kappa shape index (κ3) is 4.87. The summed E-state index contributed by atoms with van der Waals surface area (Å²) in [4.78, 5) is 18.6. The maximum atomic E-state index is 12.1. The molecule has 0 radical (unpaired) electrons. The zero-order chi connectivity index (χ0) is 14.3. The molecule has 19 heavy (non-hydrogen) atoms. The summed E-state index contributed by atoms with van der Waals surface area (Å²) in [5.41, 5.74) is 0.443. The van der Waals surface area contributed by atoms with Gasteiger partial charge < -0.3 is 15.5 Å². The minimum absolute atomic E-state index is 0.104. The van der Waals surface area contributed by atoms with Gasteiger partial charge in [0, 0.05) is 19.6 Å². The minimum Gasteiger partial charge on any atom is -0.373 e. The van der Waals surface area contributed by atoms with E-state index in [9.17, 15) is 4.79 Å². The third-order valence-corrected chi connectivity index (χ3v) is 3.04. The number of pyridine rings is 1. The van der Waals surface area contributed by atoms with E-state index in [0.29, 0.717) is 11.5 Å². The Bertz CT molecular complexity index is 404. The van der Waals surface area contributed by atoms with Crippen LogP contribution in [0.5, 0.6) is 0 Å². The van der Waals surface area contributed by atoms with Crippen molar-refractivity contribution >= 4 is 11.7 Å². The van der Waals surface area contributed by atoms with Crippen molar-refractivity contribution in [2.24, 2.45) is 0 Å². The van der Waals surface area contributed by atoms with Gasteiger partial charge in [-0.25, -0.2) is 4.98 Å². The zero-order valence-corrected chi connectivity index (χ0v) is 12.2. The van der Waals surface area contributed by atoms with E-state index in [4.69, 9.17) is 0 Å². The summed E-state index contributed by atoms with van der Waals surface area (Å²) < 4.78 is 0. The normalized spacial score (nSPS) is 12.3. The summed E-state index contributed by atoms with van der Waals surface area (Å²) in [6.45, 7) is 9.09. The molecule has 5 heteroatoms. The molecule has 0 aliphatic heterocycles. The van der Waals surface area contributed by atoms with Crippen molar-refractivity contribution in [2.45, 2.75) is 26.8 Å². The lowest BCUT2D eigenvalue weighted by Gasteiger charge is -2.23. The molecule has 1 amide bonds. The second kappa shape index (κ2) is 7.74.